The number of aliphatic imine (C=N–C) groups is 1. The SMILES string of the molecule is CN=CNC(=S)Nc1cccc(Br)c1. The van der Waals surface area contributed by atoms with Crippen molar-refractivity contribution in [2.75, 3.05) is 12.4 Å². The summed E-state index contributed by atoms with van der Waals surface area (Å²) in [5, 5.41) is 6.35. The van der Waals surface area contributed by atoms with Crippen LogP contribution in [0, 0.1) is 0 Å². The number of hydrogen-bond acceptors (Lipinski definition) is 2. The van der Waals surface area contributed by atoms with Crippen LogP contribution >= 0.6 is 28.1 Å². The van der Waals surface area contributed by atoms with E-state index in [-0.39, 0.29) is 0 Å². The van der Waals surface area contributed by atoms with Crippen molar-refractivity contribution in [3.8, 4) is 0 Å². The molecule has 74 valence electrons. The van der Waals surface area contributed by atoms with E-state index in [4.69, 9.17) is 12.2 Å². The summed E-state index contributed by atoms with van der Waals surface area (Å²) in [7, 11) is 1.68. The lowest BCUT2D eigenvalue weighted by atomic mass is 10.3. The van der Waals surface area contributed by atoms with Gasteiger partial charge in [-0.1, -0.05) is 22.0 Å². The molecule has 1 aromatic rings. The molecule has 0 saturated heterocycles. The lowest BCUT2D eigenvalue weighted by molar-refractivity contribution is 1.35. The monoisotopic (exact) mass is 271 g/mol. The first kappa shape index (κ1) is 11.1. The van der Waals surface area contributed by atoms with Crippen LogP contribution in [0.15, 0.2) is 33.7 Å². The average molecular weight is 272 g/mol. The maximum absolute atomic E-state index is 5.02. The number of nitrogens with zero attached hydrogens (tertiary/aromatic N) is 1. The molecule has 0 unspecified atom stereocenters. The zero-order valence-corrected chi connectivity index (χ0v) is 10.0. The molecule has 14 heavy (non-hydrogen) atoms. The quantitative estimate of drug-likeness (QED) is 0.493. The zero-order valence-electron chi connectivity index (χ0n) is 7.62. The molecular weight excluding hydrogens is 262 g/mol. The first-order valence-corrected chi connectivity index (χ1v) is 5.16. The summed E-state index contributed by atoms with van der Waals surface area (Å²) in [4.78, 5) is 3.76. The Kier molecular flexibility index (Phi) is 4.55. The Morgan fingerprint density at radius 3 is 3.00 bits per heavy atom. The van der Waals surface area contributed by atoms with Crippen molar-refractivity contribution in [2.24, 2.45) is 4.99 Å². The number of thiocarbonyl (C=S) groups is 1. The molecule has 1 rings (SSSR count). The number of hydrogen-bond donors (Lipinski definition) is 2. The molecule has 1 aromatic carbocycles. The van der Waals surface area contributed by atoms with E-state index in [0.717, 1.165) is 10.2 Å². The summed E-state index contributed by atoms with van der Waals surface area (Å²) >= 11 is 8.39. The lowest BCUT2D eigenvalue weighted by Crippen LogP contribution is -2.26. The molecule has 0 aliphatic rings. The first-order chi connectivity index (χ1) is 6.72. The van der Waals surface area contributed by atoms with Crippen molar-refractivity contribution >= 4 is 45.3 Å². The molecule has 0 bridgehead atoms. The fraction of sp³-hybridized carbons (Fsp3) is 0.111. The molecule has 0 amide bonds. The summed E-state index contributed by atoms with van der Waals surface area (Å²) < 4.78 is 1.01. The van der Waals surface area contributed by atoms with Crippen LogP contribution in [0.25, 0.3) is 0 Å². The van der Waals surface area contributed by atoms with Crippen LogP contribution < -0.4 is 10.6 Å². The number of halogens is 1. The van der Waals surface area contributed by atoms with Gasteiger partial charge >= 0.3 is 0 Å². The van der Waals surface area contributed by atoms with Crippen LogP contribution in [0.4, 0.5) is 5.69 Å². The summed E-state index contributed by atoms with van der Waals surface area (Å²) in [6.45, 7) is 0. The fourth-order valence-electron chi connectivity index (χ4n) is 0.857. The van der Waals surface area contributed by atoms with Gasteiger partial charge in [-0.3, -0.25) is 4.99 Å². The average Bonchev–Trinajstić information content (AvgIpc) is 2.15. The molecule has 0 radical (unpaired) electrons. The maximum Gasteiger partial charge on any atom is 0.175 e. The van der Waals surface area contributed by atoms with Gasteiger partial charge in [0.15, 0.2) is 5.11 Å². The summed E-state index contributed by atoms with van der Waals surface area (Å²) in [5.41, 5.74) is 0.932. The standard InChI is InChI=1S/C9H10BrN3S/c1-11-6-12-9(14)13-8-4-2-3-7(10)5-8/h2-6H,1H3,(H2,11,12,13,14). The van der Waals surface area contributed by atoms with E-state index < -0.39 is 0 Å². The largest absolute Gasteiger partial charge is 0.332 e. The highest BCUT2D eigenvalue weighted by molar-refractivity contribution is 9.10. The highest BCUT2D eigenvalue weighted by Gasteiger charge is 1.95. The van der Waals surface area contributed by atoms with E-state index >= 15 is 0 Å². The molecule has 2 N–H and O–H groups in total. The Labute approximate surface area is 96.7 Å². The predicted octanol–water partition coefficient (Wildman–Crippen LogP) is 2.39. The number of anilines is 1. The van der Waals surface area contributed by atoms with Gasteiger partial charge in [-0.05, 0) is 30.4 Å². The molecule has 0 aliphatic heterocycles. The van der Waals surface area contributed by atoms with Crippen molar-refractivity contribution in [2.45, 2.75) is 0 Å². The van der Waals surface area contributed by atoms with Gasteiger partial charge in [0.2, 0.25) is 0 Å². The molecule has 5 heteroatoms. The third-order valence-corrected chi connectivity index (χ3v) is 2.12. The van der Waals surface area contributed by atoms with Gasteiger partial charge < -0.3 is 10.6 Å². The molecule has 0 spiro atoms. The summed E-state index contributed by atoms with van der Waals surface area (Å²) in [6.07, 6.45) is 1.54. The Balaban J connectivity index is 2.56. The third kappa shape index (κ3) is 3.85. The van der Waals surface area contributed by atoms with Gasteiger partial charge in [-0.25, -0.2) is 0 Å². The van der Waals surface area contributed by atoms with Crippen molar-refractivity contribution in [1.82, 2.24) is 5.32 Å². The second-order valence-electron chi connectivity index (χ2n) is 2.50. The molecule has 0 heterocycles. The smallest absolute Gasteiger partial charge is 0.175 e. The van der Waals surface area contributed by atoms with Crippen molar-refractivity contribution < 1.29 is 0 Å². The maximum atomic E-state index is 5.02. The van der Waals surface area contributed by atoms with E-state index in [1.54, 1.807) is 7.05 Å². The topological polar surface area (TPSA) is 36.4 Å². The van der Waals surface area contributed by atoms with Crippen molar-refractivity contribution in [3.63, 3.8) is 0 Å². The van der Waals surface area contributed by atoms with Crippen LogP contribution in [-0.4, -0.2) is 18.5 Å². The highest BCUT2D eigenvalue weighted by Crippen LogP contribution is 2.15. The molecule has 0 aromatic heterocycles. The highest BCUT2D eigenvalue weighted by atomic mass is 79.9. The van der Waals surface area contributed by atoms with Crippen LogP contribution in [-0.2, 0) is 0 Å². The van der Waals surface area contributed by atoms with Crippen LogP contribution in [0.3, 0.4) is 0 Å². The van der Waals surface area contributed by atoms with Gasteiger partial charge in [0.25, 0.3) is 0 Å². The third-order valence-electron chi connectivity index (χ3n) is 1.41. The van der Waals surface area contributed by atoms with Crippen LogP contribution in [0.1, 0.15) is 0 Å². The Morgan fingerprint density at radius 1 is 1.57 bits per heavy atom. The van der Waals surface area contributed by atoms with Crippen LogP contribution in [0.2, 0.25) is 0 Å². The first-order valence-electron chi connectivity index (χ1n) is 3.96. The number of nitrogens with one attached hydrogen (secondary N) is 2. The molecule has 3 nitrogen and oxygen atoms in total. The van der Waals surface area contributed by atoms with E-state index in [1.165, 1.54) is 6.34 Å². The predicted molar refractivity (Wildman–Crippen MR) is 67.9 cm³/mol. The van der Waals surface area contributed by atoms with Crippen molar-refractivity contribution in [3.05, 3.63) is 28.7 Å². The molecule has 0 aliphatic carbocycles. The van der Waals surface area contributed by atoms with Gasteiger partial charge in [0, 0.05) is 17.2 Å². The zero-order chi connectivity index (χ0) is 10.4. The fourth-order valence-corrected chi connectivity index (χ4v) is 1.43. The minimum absolute atomic E-state index is 0.522. The normalized spacial score (nSPS) is 10.1. The van der Waals surface area contributed by atoms with E-state index in [2.05, 4.69) is 31.6 Å². The summed E-state index contributed by atoms with van der Waals surface area (Å²) in [6, 6.07) is 7.76. The summed E-state index contributed by atoms with van der Waals surface area (Å²) in [5.74, 6) is 0. The van der Waals surface area contributed by atoms with E-state index in [0.29, 0.717) is 5.11 Å². The number of rotatable bonds is 2. The van der Waals surface area contributed by atoms with Gasteiger partial charge in [0.05, 0.1) is 6.34 Å². The molecule has 0 atom stereocenters. The molecular formula is C9H10BrN3S. The molecule has 0 saturated carbocycles. The number of benzene rings is 1. The van der Waals surface area contributed by atoms with Gasteiger partial charge in [-0.15, -0.1) is 0 Å². The Morgan fingerprint density at radius 2 is 2.36 bits per heavy atom. The van der Waals surface area contributed by atoms with Gasteiger partial charge in [0.1, 0.15) is 0 Å². The lowest BCUT2D eigenvalue weighted by Gasteiger charge is -2.06. The van der Waals surface area contributed by atoms with E-state index in [9.17, 15) is 0 Å². The van der Waals surface area contributed by atoms with Crippen LogP contribution in [0.5, 0.6) is 0 Å². The Bertz CT molecular complexity index is 352. The second kappa shape index (κ2) is 5.72. The van der Waals surface area contributed by atoms with Crippen molar-refractivity contribution in [1.29, 1.82) is 0 Å². The minimum atomic E-state index is 0.522. The van der Waals surface area contributed by atoms with Gasteiger partial charge in [-0.2, -0.15) is 0 Å². The second-order valence-corrected chi connectivity index (χ2v) is 3.82. The Hall–Kier alpha value is -0.940. The minimum Gasteiger partial charge on any atom is -0.332 e. The van der Waals surface area contributed by atoms with E-state index in [1.807, 2.05) is 24.3 Å². The molecule has 0 fully saturated rings.